The van der Waals surface area contributed by atoms with Gasteiger partial charge in [0.25, 0.3) is 5.91 Å². The molecule has 0 spiro atoms. The first-order valence-corrected chi connectivity index (χ1v) is 8.81. The van der Waals surface area contributed by atoms with Crippen LogP contribution >= 0.6 is 12.4 Å². The maximum absolute atomic E-state index is 13.5. The van der Waals surface area contributed by atoms with E-state index in [9.17, 15) is 18.4 Å². The van der Waals surface area contributed by atoms with Crippen LogP contribution in [0.2, 0.25) is 0 Å². The van der Waals surface area contributed by atoms with Crippen molar-refractivity contribution in [2.75, 3.05) is 19.6 Å². The van der Waals surface area contributed by atoms with Gasteiger partial charge in [-0.15, -0.1) is 12.4 Å². The Balaban J connectivity index is 0.00000243. The number of fused-ring (bicyclic) bond motifs is 2. The molecular formula is C18H24ClF2N3O2. The lowest BCUT2D eigenvalue weighted by atomic mass is 10.1. The predicted molar refractivity (Wildman–Crippen MR) is 96.3 cm³/mol. The average molecular weight is 388 g/mol. The quantitative estimate of drug-likeness (QED) is 0.762. The van der Waals surface area contributed by atoms with Gasteiger partial charge in [0.15, 0.2) is 0 Å². The lowest BCUT2D eigenvalue weighted by Gasteiger charge is -2.28. The molecule has 2 N–H and O–H groups in total. The maximum Gasteiger partial charge on any atom is 0.254 e. The van der Waals surface area contributed by atoms with Crippen molar-refractivity contribution in [2.24, 2.45) is 0 Å². The molecular weight excluding hydrogens is 364 g/mol. The Morgan fingerprint density at radius 3 is 2.73 bits per heavy atom. The van der Waals surface area contributed by atoms with Crippen molar-refractivity contribution in [2.45, 2.75) is 44.2 Å². The molecule has 2 amide bonds. The number of hydrogen-bond donors (Lipinski definition) is 2. The number of nitrogens with zero attached hydrogens (tertiary/aromatic N) is 1. The molecule has 0 aliphatic carbocycles. The summed E-state index contributed by atoms with van der Waals surface area (Å²) in [6.45, 7) is 2.08. The van der Waals surface area contributed by atoms with E-state index in [2.05, 4.69) is 10.6 Å². The Hall–Kier alpha value is -1.73. The molecule has 2 aliphatic rings. The summed E-state index contributed by atoms with van der Waals surface area (Å²) in [5.74, 6) is -2.08. The largest absolute Gasteiger partial charge is 0.352 e. The first-order valence-electron chi connectivity index (χ1n) is 8.81. The number of benzene rings is 1. The van der Waals surface area contributed by atoms with Crippen LogP contribution in [0.4, 0.5) is 8.78 Å². The summed E-state index contributed by atoms with van der Waals surface area (Å²) >= 11 is 0. The first-order chi connectivity index (χ1) is 12.1. The number of carbonyl (C=O) groups excluding carboxylic acids is 2. The summed E-state index contributed by atoms with van der Waals surface area (Å²) in [6, 6.07) is 3.46. The van der Waals surface area contributed by atoms with Crippen LogP contribution in [0, 0.1) is 11.6 Å². The predicted octanol–water partition coefficient (Wildman–Crippen LogP) is 2.25. The van der Waals surface area contributed by atoms with Gasteiger partial charge in [0, 0.05) is 37.7 Å². The third-order valence-electron chi connectivity index (χ3n) is 4.97. The van der Waals surface area contributed by atoms with E-state index in [1.165, 1.54) is 0 Å². The molecule has 1 aromatic rings. The van der Waals surface area contributed by atoms with E-state index in [-0.39, 0.29) is 36.5 Å². The van der Waals surface area contributed by atoms with Gasteiger partial charge in [-0.1, -0.05) is 0 Å². The second kappa shape index (κ2) is 9.28. The van der Waals surface area contributed by atoms with Crippen LogP contribution in [0.5, 0.6) is 0 Å². The van der Waals surface area contributed by atoms with E-state index in [1.807, 2.05) is 4.90 Å². The van der Waals surface area contributed by atoms with Crippen LogP contribution in [-0.4, -0.2) is 48.4 Å². The van der Waals surface area contributed by atoms with Crippen LogP contribution in [0.1, 0.15) is 42.5 Å². The minimum Gasteiger partial charge on any atom is -0.352 e. The summed E-state index contributed by atoms with van der Waals surface area (Å²) in [7, 11) is 0. The summed E-state index contributed by atoms with van der Waals surface area (Å²) in [6.07, 6.45) is 3.96. The summed E-state index contributed by atoms with van der Waals surface area (Å²) in [4.78, 5) is 26.4. The van der Waals surface area contributed by atoms with Crippen molar-refractivity contribution in [3.8, 4) is 0 Å². The van der Waals surface area contributed by atoms with Crippen LogP contribution < -0.4 is 10.6 Å². The Bertz CT molecular complexity index is 645. The Morgan fingerprint density at radius 1 is 1.19 bits per heavy atom. The van der Waals surface area contributed by atoms with Crippen LogP contribution in [0.15, 0.2) is 18.2 Å². The molecule has 1 aromatic carbocycles. The van der Waals surface area contributed by atoms with Gasteiger partial charge >= 0.3 is 0 Å². The minimum absolute atomic E-state index is 0. The third-order valence-corrected chi connectivity index (χ3v) is 4.97. The molecule has 8 heteroatoms. The molecule has 2 unspecified atom stereocenters. The molecule has 2 heterocycles. The van der Waals surface area contributed by atoms with Crippen LogP contribution in [0.25, 0.3) is 0 Å². The maximum atomic E-state index is 13.5. The van der Waals surface area contributed by atoms with Gasteiger partial charge in [-0.3, -0.25) is 9.59 Å². The fourth-order valence-corrected chi connectivity index (χ4v) is 3.73. The lowest BCUT2D eigenvalue weighted by molar-refractivity contribution is -0.133. The Labute approximate surface area is 157 Å². The number of halogens is 3. The molecule has 2 aliphatic heterocycles. The molecule has 2 saturated heterocycles. The number of amides is 2. The van der Waals surface area contributed by atoms with Gasteiger partial charge in [-0.2, -0.15) is 0 Å². The van der Waals surface area contributed by atoms with Crippen molar-refractivity contribution < 1.29 is 18.4 Å². The third kappa shape index (κ3) is 4.71. The monoisotopic (exact) mass is 387 g/mol. The highest BCUT2D eigenvalue weighted by molar-refractivity contribution is 5.94. The number of rotatable bonds is 5. The Morgan fingerprint density at radius 2 is 1.96 bits per heavy atom. The van der Waals surface area contributed by atoms with Crippen molar-refractivity contribution >= 4 is 24.2 Å². The second-order valence-corrected chi connectivity index (χ2v) is 6.66. The van der Waals surface area contributed by atoms with E-state index in [1.54, 1.807) is 0 Å². The first kappa shape index (κ1) is 20.6. The van der Waals surface area contributed by atoms with E-state index in [4.69, 9.17) is 0 Å². The van der Waals surface area contributed by atoms with Crippen molar-refractivity contribution in [3.05, 3.63) is 35.4 Å². The number of nitrogens with one attached hydrogen (secondary N) is 2. The van der Waals surface area contributed by atoms with Gasteiger partial charge in [0.2, 0.25) is 5.91 Å². The van der Waals surface area contributed by atoms with Gasteiger partial charge in [0.1, 0.15) is 11.6 Å². The van der Waals surface area contributed by atoms with Gasteiger partial charge in [-0.25, -0.2) is 8.78 Å². The summed E-state index contributed by atoms with van der Waals surface area (Å²) < 4.78 is 26.4. The summed E-state index contributed by atoms with van der Waals surface area (Å²) in [5.41, 5.74) is -0.190. The second-order valence-electron chi connectivity index (χ2n) is 6.66. The highest BCUT2D eigenvalue weighted by Crippen LogP contribution is 2.28. The van der Waals surface area contributed by atoms with Crippen molar-refractivity contribution in [1.82, 2.24) is 15.5 Å². The smallest absolute Gasteiger partial charge is 0.254 e. The zero-order valence-corrected chi connectivity index (χ0v) is 15.3. The SMILES string of the molecule is Cl.O=C(NCCCC(=O)N1C2CCNCC1CC2)c1ccc(F)cc1F. The van der Waals surface area contributed by atoms with E-state index in [0.717, 1.165) is 44.5 Å². The topological polar surface area (TPSA) is 61.4 Å². The molecule has 144 valence electrons. The molecule has 5 nitrogen and oxygen atoms in total. The van der Waals surface area contributed by atoms with Gasteiger partial charge in [0.05, 0.1) is 5.56 Å². The molecule has 2 bridgehead atoms. The fourth-order valence-electron chi connectivity index (χ4n) is 3.73. The van der Waals surface area contributed by atoms with Crippen molar-refractivity contribution in [3.63, 3.8) is 0 Å². The fraction of sp³-hybridized carbons (Fsp3) is 0.556. The number of hydrogen-bond acceptors (Lipinski definition) is 3. The standard InChI is InChI=1S/C18H23F2N3O2.ClH/c19-12-3-6-15(16(20)10-12)18(25)22-8-1-2-17(24)23-13-4-5-14(23)11-21-9-7-13;/h3,6,10,13-14,21H,1-2,4-5,7-9,11H2,(H,22,25);1H. The zero-order chi connectivity index (χ0) is 17.8. The molecule has 0 saturated carbocycles. The van der Waals surface area contributed by atoms with Gasteiger partial charge < -0.3 is 15.5 Å². The minimum atomic E-state index is -0.887. The Kier molecular flexibility index (Phi) is 7.34. The zero-order valence-electron chi connectivity index (χ0n) is 14.5. The van der Waals surface area contributed by atoms with Gasteiger partial charge in [-0.05, 0) is 44.4 Å². The molecule has 2 fully saturated rings. The molecule has 2 atom stereocenters. The van der Waals surface area contributed by atoms with Crippen LogP contribution in [0.3, 0.4) is 0 Å². The highest BCUT2D eigenvalue weighted by Gasteiger charge is 2.37. The normalized spacial score (nSPS) is 21.7. The molecule has 3 rings (SSSR count). The number of carbonyl (C=O) groups is 2. The van der Waals surface area contributed by atoms with E-state index >= 15 is 0 Å². The van der Waals surface area contributed by atoms with E-state index in [0.29, 0.717) is 24.9 Å². The van der Waals surface area contributed by atoms with Crippen LogP contribution in [-0.2, 0) is 4.79 Å². The van der Waals surface area contributed by atoms with E-state index < -0.39 is 17.5 Å². The highest BCUT2D eigenvalue weighted by atomic mass is 35.5. The molecule has 0 aromatic heterocycles. The molecule has 26 heavy (non-hydrogen) atoms. The van der Waals surface area contributed by atoms with Crippen molar-refractivity contribution in [1.29, 1.82) is 0 Å². The summed E-state index contributed by atoms with van der Waals surface area (Å²) in [5, 5.41) is 5.94. The lowest BCUT2D eigenvalue weighted by Crippen LogP contribution is -2.42. The average Bonchev–Trinajstić information content (AvgIpc) is 2.84. The molecule has 0 radical (unpaired) electrons.